The van der Waals surface area contributed by atoms with Crippen molar-refractivity contribution < 1.29 is 32.3 Å². The molecule has 33 heavy (non-hydrogen) atoms. The van der Waals surface area contributed by atoms with Crippen LogP contribution in [-0.4, -0.2) is 35.4 Å². The van der Waals surface area contributed by atoms with Gasteiger partial charge in [0.15, 0.2) is 6.61 Å². The summed E-state index contributed by atoms with van der Waals surface area (Å²) in [5.74, 6) is -1.53. The lowest BCUT2D eigenvalue weighted by Crippen LogP contribution is -2.29. The molecule has 3 amide bonds. The van der Waals surface area contributed by atoms with Crippen molar-refractivity contribution >= 4 is 23.4 Å². The molecule has 0 spiro atoms. The Morgan fingerprint density at radius 2 is 1.52 bits per heavy atom. The molecule has 1 N–H and O–H groups in total. The number of halogens is 3. The first-order valence-electron chi connectivity index (χ1n) is 9.87. The number of rotatable bonds is 6. The van der Waals surface area contributed by atoms with E-state index in [1.165, 1.54) is 30.3 Å². The molecular formula is C24H17F3N2O4. The van der Waals surface area contributed by atoms with Gasteiger partial charge in [-0.25, -0.2) is 0 Å². The standard InChI is InChI=1S/C24H17F3N2O4/c25-24(26,27)14-33-20-11-4-3-10-19(20)28-21(30)16-7-5-6-15(12-16)13-29-22(31)17-8-1-2-9-18(17)23(29)32/h1-12H,13-14H2,(H,28,30). The fourth-order valence-electron chi connectivity index (χ4n) is 3.43. The number of benzene rings is 3. The summed E-state index contributed by atoms with van der Waals surface area (Å²) in [5.41, 5.74) is 1.48. The Morgan fingerprint density at radius 1 is 0.879 bits per heavy atom. The van der Waals surface area contributed by atoms with Gasteiger partial charge >= 0.3 is 6.18 Å². The number of para-hydroxylation sites is 2. The third kappa shape index (κ3) is 4.87. The van der Waals surface area contributed by atoms with E-state index in [2.05, 4.69) is 5.32 Å². The summed E-state index contributed by atoms with van der Waals surface area (Å²) in [5, 5.41) is 2.54. The van der Waals surface area contributed by atoms with Gasteiger partial charge < -0.3 is 10.1 Å². The molecule has 0 aromatic heterocycles. The number of amides is 3. The number of nitrogens with one attached hydrogen (secondary N) is 1. The molecule has 4 rings (SSSR count). The van der Waals surface area contributed by atoms with Crippen molar-refractivity contribution in [3.8, 4) is 5.75 Å². The molecule has 6 nitrogen and oxygen atoms in total. The van der Waals surface area contributed by atoms with Gasteiger partial charge in [0.2, 0.25) is 0 Å². The lowest BCUT2D eigenvalue weighted by atomic mass is 10.1. The van der Waals surface area contributed by atoms with Crippen LogP contribution in [0.2, 0.25) is 0 Å². The van der Waals surface area contributed by atoms with Crippen molar-refractivity contribution in [2.24, 2.45) is 0 Å². The van der Waals surface area contributed by atoms with E-state index in [4.69, 9.17) is 4.74 Å². The molecular weight excluding hydrogens is 437 g/mol. The van der Waals surface area contributed by atoms with Gasteiger partial charge in [0.25, 0.3) is 17.7 Å². The van der Waals surface area contributed by atoms with Crippen molar-refractivity contribution in [1.82, 2.24) is 4.90 Å². The SMILES string of the molecule is O=C(Nc1ccccc1OCC(F)(F)F)c1cccc(CN2C(=O)c3ccccc3C2=O)c1. The lowest BCUT2D eigenvalue weighted by molar-refractivity contribution is -0.153. The van der Waals surface area contributed by atoms with Gasteiger partial charge in [0.1, 0.15) is 5.75 Å². The second-order valence-corrected chi connectivity index (χ2v) is 7.30. The molecule has 0 saturated heterocycles. The van der Waals surface area contributed by atoms with Crippen molar-refractivity contribution in [2.75, 3.05) is 11.9 Å². The maximum atomic E-state index is 12.7. The van der Waals surface area contributed by atoms with Gasteiger partial charge in [-0.3, -0.25) is 19.3 Å². The Morgan fingerprint density at radius 3 is 2.18 bits per heavy atom. The van der Waals surface area contributed by atoms with Crippen LogP contribution in [0.1, 0.15) is 36.6 Å². The van der Waals surface area contributed by atoms with Crippen molar-refractivity contribution in [1.29, 1.82) is 0 Å². The molecule has 168 valence electrons. The van der Waals surface area contributed by atoms with Gasteiger partial charge in [-0.15, -0.1) is 0 Å². The number of hydrogen-bond acceptors (Lipinski definition) is 4. The smallest absolute Gasteiger partial charge is 0.422 e. The molecule has 0 saturated carbocycles. The van der Waals surface area contributed by atoms with Crippen LogP contribution in [0.15, 0.2) is 72.8 Å². The molecule has 1 aliphatic heterocycles. The van der Waals surface area contributed by atoms with E-state index >= 15 is 0 Å². The number of nitrogens with zero attached hydrogens (tertiary/aromatic N) is 1. The zero-order valence-electron chi connectivity index (χ0n) is 17.1. The maximum Gasteiger partial charge on any atom is 0.422 e. The molecule has 0 unspecified atom stereocenters. The van der Waals surface area contributed by atoms with E-state index in [-0.39, 0.29) is 23.5 Å². The third-order valence-corrected chi connectivity index (χ3v) is 4.93. The first kappa shape index (κ1) is 22.1. The number of ether oxygens (including phenoxy) is 1. The molecule has 0 atom stereocenters. The number of fused-ring (bicyclic) bond motifs is 1. The van der Waals surface area contributed by atoms with Crippen LogP contribution in [0, 0.1) is 0 Å². The summed E-state index contributed by atoms with van der Waals surface area (Å²) in [6, 6.07) is 18.6. The molecule has 0 bridgehead atoms. The van der Waals surface area contributed by atoms with Crippen molar-refractivity contribution in [3.05, 3.63) is 95.1 Å². The minimum absolute atomic E-state index is 0.0290. The van der Waals surface area contributed by atoms with Crippen LogP contribution in [0.25, 0.3) is 0 Å². The number of anilines is 1. The Labute approximate surface area is 186 Å². The normalized spacial score (nSPS) is 13.1. The fourth-order valence-corrected chi connectivity index (χ4v) is 3.43. The highest BCUT2D eigenvalue weighted by atomic mass is 19.4. The van der Waals surface area contributed by atoms with Gasteiger partial charge in [0.05, 0.1) is 23.4 Å². The van der Waals surface area contributed by atoms with Crippen molar-refractivity contribution in [3.63, 3.8) is 0 Å². The second-order valence-electron chi connectivity index (χ2n) is 7.30. The van der Waals surface area contributed by atoms with Gasteiger partial charge in [-0.2, -0.15) is 13.2 Å². The van der Waals surface area contributed by atoms with E-state index < -0.39 is 30.5 Å². The number of hydrogen-bond donors (Lipinski definition) is 1. The molecule has 9 heteroatoms. The highest BCUT2D eigenvalue weighted by Gasteiger charge is 2.35. The molecule has 3 aromatic carbocycles. The van der Waals surface area contributed by atoms with Crippen LogP contribution in [0.4, 0.5) is 18.9 Å². The topological polar surface area (TPSA) is 75.7 Å². The first-order chi connectivity index (χ1) is 15.7. The van der Waals surface area contributed by atoms with E-state index in [0.717, 1.165) is 4.90 Å². The highest BCUT2D eigenvalue weighted by molar-refractivity contribution is 6.21. The molecule has 0 fully saturated rings. The van der Waals surface area contributed by atoms with E-state index in [1.807, 2.05) is 0 Å². The van der Waals surface area contributed by atoms with Crippen molar-refractivity contribution in [2.45, 2.75) is 12.7 Å². The largest absolute Gasteiger partial charge is 0.482 e. The van der Waals surface area contributed by atoms with E-state index in [9.17, 15) is 27.6 Å². The summed E-state index contributed by atoms with van der Waals surface area (Å²) in [4.78, 5) is 39.0. The Balaban J connectivity index is 1.49. The highest BCUT2D eigenvalue weighted by Crippen LogP contribution is 2.27. The minimum atomic E-state index is -4.52. The van der Waals surface area contributed by atoms with Gasteiger partial charge in [0, 0.05) is 5.56 Å². The number of imide groups is 1. The van der Waals surface area contributed by atoms with Crippen LogP contribution >= 0.6 is 0 Å². The van der Waals surface area contributed by atoms with Crippen LogP contribution in [0.3, 0.4) is 0 Å². The minimum Gasteiger partial charge on any atom is -0.482 e. The second kappa shape index (κ2) is 8.78. The number of carbonyl (C=O) groups is 3. The van der Waals surface area contributed by atoms with Gasteiger partial charge in [-0.1, -0.05) is 36.4 Å². The summed E-state index contributed by atoms with van der Waals surface area (Å²) in [7, 11) is 0. The van der Waals surface area contributed by atoms with E-state index in [1.54, 1.807) is 42.5 Å². The predicted molar refractivity (Wildman–Crippen MR) is 113 cm³/mol. The zero-order valence-corrected chi connectivity index (χ0v) is 17.1. The third-order valence-electron chi connectivity index (χ3n) is 4.93. The van der Waals surface area contributed by atoms with Crippen LogP contribution in [-0.2, 0) is 6.54 Å². The Kier molecular flexibility index (Phi) is 5.87. The van der Waals surface area contributed by atoms with E-state index in [0.29, 0.717) is 16.7 Å². The first-order valence-corrected chi connectivity index (χ1v) is 9.87. The Bertz CT molecular complexity index is 1210. The van der Waals surface area contributed by atoms with Crippen LogP contribution in [0.5, 0.6) is 5.75 Å². The average Bonchev–Trinajstić information content (AvgIpc) is 3.03. The monoisotopic (exact) mass is 454 g/mol. The summed E-state index contributed by atoms with van der Waals surface area (Å²) in [6.45, 7) is -1.52. The predicted octanol–water partition coefficient (Wildman–Crippen LogP) is 4.68. The Hall–Kier alpha value is -4.14. The summed E-state index contributed by atoms with van der Waals surface area (Å²) < 4.78 is 42.3. The maximum absolute atomic E-state index is 12.7. The number of carbonyl (C=O) groups excluding carboxylic acids is 3. The number of alkyl halides is 3. The molecule has 3 aromatic rings. The molecule has 1 aliphatic rings. The average molecular weight is 454 g/mol. The van der Waals surface area contributed by atoms with Crippen LogP contribution < -0.4 is 10.1 Å². The fraction of sp³-hybridized carbons (Fsp3) is 0.125. The van der Waals surface area contributed by atoms with Gasteiger partial charge in [-0.05, 0) is 42.0 Å². The quantitative estimate of drug-likeness (QED) is 0.549. The summed E-state index contributed by atoms with van der Waals surface area (Å²) in [6.07, 6.45) is -4.52. The molecule has 1 heterocycles. The molecule has 0 radical (unpaired) electrons. The molecule has 0 aliphatic carbocycles. The summed E-state index contributed by atoms with van der Waals surface area (Å²) >= 11 is 0. The lowest BCUT2D eigenvalue weighted by Gasteiger charge is -2.15. The zero-order chi connectivity index (χ0) is 23.6.